The molecule has 0 aliphatic carbocycles. The third-order valence-electron chi connectivity index (χ3n) is 5.24. The number of amides is 1. The number of ether oxygens (including phenoxy) is 2. The van der Waals surface area contributed by atoms with Crippen LogP contribution < -0.4 is 9.47 Å². The number of pyridine rings is 1. The minimum atomic E-state index is -4.67. The zero-order chi connectivity index (χ0) is 24.6. The van der Waals surface area contributed by atoms with E-state index in [-0.39, 0.29) is 35.7 Å². The highest BCUT2D eigenvalue weighted by molar-refractivity contribution is 6.00. The molecule has 1 unspecified atom stereocenters. The quantitative estimate of drug-likeness (QED) is 0.522. The Balaban J connectivity index is 1.65. The lowest BCUT2D eigenvalue weighted by molar-refractivity contribution is -0.189. The first-order chi connectivity index (χ1) is 16.1. The molecule has 0 N–H and O–H groups in total. The van der Waals surface area contributed by atoms with E-state index in [2.05, 4.69) is 10.1 Å². The largest absolute Gasteiger partial charge is 0.494 e. The maximum absolute atomic E-state index is 13.5. The van der Waals surface area contributed by atoms with Gasteiger partial charge in [0.1, 0.15) is 23.2 Å². The van der Waals surface area contributed by atoms with Crippen LogP contribution in [-0.4, -0.2) is 45.0 Å². The van der Waals surface area contributed by atoms with E-state index < -0.39 is 24.0 Å². The lowest BCUT2D eigenvalue weighted by Gasteiger charge is -2.23. The van der Waals surface area contributed by atoms with Crippen molar-refractivity contribution in [1.29, 1.82) is 5.26 Å². The van der Waals surface area contributed by atoms with Crippen molar-refractivity contribution in [3.05, 3.63) is 65.0 Å². The zero-order valence-electron chi connectivity index (χ0n) is 17.9. The van der Waals surface area contributed by atoms with Crippen LogP contribution in [0.5, 0.6) is 11.5 Å². The number of hydrogen-bond acceptors (Lipinski definition) is 6. The van der Waals surface area contributed by atoms with Crippen molar-refractivity contribution in [3.8, 4) is 23.3 Å². The first-order valence-corrected chi connectivity index (χ1v) is 9.94. The predicted octanol–water partition coefficient (Wildman–Crippen LogP) is 3.77. The van der Waals surface area contributed by atoms with Gasteiger partial charge in [0.25, 0.3) is 5.91 Å². The second kappa shape index (κ2) is 8.66. The number of halogens is 4. The summed E-state index contributed by atoms with van der Waals surface area (Å²) < 4.78 is 64.4. The van der Waals surface area contributed by atoms with Gasteiger partial charge in [0.2, 0.25) is 0 Å². The number of fused-ring (bicyclic) bond motifs is 1. The average molecular weight is 475 g/mol. The van der Waals surface area contributed by atoms with Gasteiger partial charge in [0, 0.05) is 24.4 Å². The van der Waals surface area contributed by atoms with Gasteiger partial charge < -0.3 is 14.4 Å². The number of methoxy groups -OCH3 is 1. The van der Waals surface area contributed by atoms with Crippen LogP contribution >= 0.6 is 0 Å². The van der Waals surface area contributed by atoms with Crippen molar-refractivity contribution in [2.24, 2.45) is 0 Å². The van der Waals surface area contributed by atoms with Crippen LogP contribution in [0.4, 0.5) is 17.6 Å². The van der Waals surface area contributed by atoms with Gasteiger partial charge in [-0.15, -0.1) is 0 Å². The fraction of sp³-hybridized carbons (Fsp3) is 0.273. The van der Waals surface area contributed by atoms with E-state index in [1.807, 2.05) is 6.07 Å². The van der Waals surface area contributed by atoms with E-state index in [9.17, 15) is 27.6 Å². The van der Waals surface area contributed by atoms with E-state index >= 15 is 0 Å². The lowest BCUT2D eigenvalue weighted by atomic mass is 10.1. The summed E-state index contributed by atoms with van der Waals surface area (Å²) in [5.74, 6) is -1.75. The number of rotatable bonds is 5. The molecule has 1 atom stereocenters. The Kier molecular flexibility index (Phi) is 5.87. The molecule has 2 aromatic heterocycles. The number of hydrogen-bond donors (Lipinski definition) is 0. The Morgan fingerprint density at radius 1 is 1.26 bits per heavy atom. The minimum absolute atomic E-state index is 0.0291. The zero-order valence-corrected chi connectivity index (χ0v) is 17.9. The van der Waals surface area contributed by atoms with Gasteiger partial charge in [0.15, 0.2) is 11.9 Å². The molecule has 0 radical (unpaired) electrons. The third-order valence-corrected chi connectivity index (χ3v) is 5.24. The van der Waals surface area contributed by atoms with Gasteiger partial charge in [-0.2, -0.15) is 23.5 Å². The first-order valence-electron chi connectivity index (χ1n) is 9.94. The maximum Gasteiger partial charge on any atom is 0.425 e. The van der Waals surface area contributed by atoms with Crippen LogP contribution in [0, 0.1) is 17.1 Å². The molecule has 1 aliphatic heterocycles. The maximum atomic E-state index is 13.5. The summed E-state index contributed by atoms with van der Waals surface area (Å²) in [6.07, 6.45) is -2.76. The van der Waals surface area contributed by atoms with Crippen LogP contribution in [-0.2, 0) is 13.1 Å². The topological polar surface area (TPSA) is 93.3 Å². The molecule has 3 heterocycles. The number of benzene rings is 1. The number of nitrogens with zero attached hydrogens (tertiary/aromatic N) is 5. The highest BCUT2D eigenvalue weighted by Crippen LogP contribution is 2.37. The van der Waals surface area contributed by atoms with Crippen LogP contribution in [0.25, 0.3) is 5.69 Å². The van der Waals surface area contributed by atoms with Crippen molar-refractivity contribution in [2.75, 3.05) is 7.11 Å². The molecule has 1 aliphatic rings. The fourth-order valence-electron chi connectivity index (χ4n) is 3.54. The molecule has 0 spiro atoms. The van der Waals surface area contributed by atoms with E-state index in [0.29, 0.717) is 16.9 Å². The molecule has 176 valence electrons. The molecule has 0 bridgehead atoms. The summed E-state index contributed by atoms with van der Waals surface area (Å²) in [7, 11) is 1.21. The molecule has 0 fully saturated rings. The average Bonchev–Trinajstić information content (AvgIpc) is 3.37. The SMILES string of the molecule is COc1c(C#N)ccc(OC(C)C(F)(F)F)c1C(=O)N1Cc2cn(-c3cncc(F)c3)nc2C1. The lowest BCUT2D eigenvalue weighted by Crippen LogP contribution is -2.33. The second-order valence-electron chi connectivity index (χ2n) is 7.50. The molecule has 1 amide bonds. The molecular formula is C22H17F4N5O3. The Morgan fingerprint density at radius 3 is 2.65 bits per heavy atom. The van der Waals surface area contributed by atoms with Crippen LogP contribution in [0.3, 0.4) is 0 Å². The van der Waals surface area contributed by atoms with E-state index in [4.69, 9.17) is 9.47 Å². The van der Waals surface area contributed by atoms with Crippen molar-refractivity contribution >= 4 is 5.91 Å². The number of carbonyl (C=O) groups excluding carboxylic acids is 1. The molecule has 12 heteroatoms. The van der Waals surface area contributed by atoms with Gasteiger partial charge in [-0.25, -0.2) is 9.07 Å². The van der Waals surface area contributed by atoms with Gasteiger partial charge in [0.05, 0.1) is 43.0 Å². The van der Waals surface area contributed by atoms with Crippen molar-refractivity contribution in [3.63, 3.8) is 0 Å². The molecule has 3 aromatic rings. The number of alkyl halides is 3. The first kappa shape index (κ1) is 23.0. The summed E-state index contributed by atoms with van der Waals surface area (Å²) in [6, 6.07) is 5.48. The molecule has 1 aromatic carbocycles. The van der Waals surface area contributed by atoms with Gasteiger partial charge in [-0.05, 0) is 19.1 Å². The van der Waals surface area contributed by atoms with Crippen LogP contribution in [0.15, 0.2) is 36.8 Å². The highest BCUT2D eigenvalue weighted by atomic mass is 19.4. The fourth-order valence-corrected chi connectivity index (χ4v) is 3.54. The Bertz CT molecular complexity index is 1280. The van der Waals surface area contributed by atoms with E-state index in [1.54, 1.807) is 6.20 Å². The van der Waals surface area contributed by atoms with E-state index in [1.165, 1.54) is 35.0 Å². The smallest absolute Gasteiger partial charge is 0.425 e. The summed E-state index contributed by atoms with van der Waals surface area (Å²) in [4.78, 5) is 18.5. The molecule has 8 nitrogen and oxygen atoms in total. The summed E-state index contributed by atoms with van der Waals surface area (Å²) >= 11 is 0. The molecule has 0 saturated heterocycles. The number of nitriles is 1. The summed E-state index contributed by atoms with van der Waals surface area (Å²) in [5.41, 5.74) is 1.27. The summed E-state index contributed by atoms with van der Waals surface area (Å²) in [6.45, 7) is 0.942. The second-order valence-corrected chi connectivity index (χ2v) is 7.50. The minimum Gasteiger partial charge on any atom is -0.494 e. The van der Waals surface area contributed by atoms with Crippen LogP contribution in [0.1, 0.15) is 34.1 Å². The van der Waals surface area contributed by atoms with Crippen LogP contribution in [0.2, 0.25) is 0 Å². The predicted molar refractivity (Wildman–Crippen MR) is 109 cm³/mol. The Morgan fingerprint density at radius 2 is 2.03 bits per heavy atom. The van der Waals surface area contributed by atoms with Crippen molar-refractivity contribution in [1.82, 2.24) is 19.7 Å². The normalized spacial score (nSPS) is 13.9. The van der Waals surface area contributed by atoms with Crippen molar-refractivity contribution in [2.45, 2.75) is 32.3 Å². The summed E-state index contributed by atoms with van der Waals surface area (Å²) in [5, 5.41) is 13.7. The van der Waals surface area contributed by atoms with Gasteiger partial charge >= 0.3 is 6.18 Å². The molecule has 4 rings (SSSR count). The van der Waals surface area contributed by atoms with Crippen molar-refractivity contribution < 1.29 is 31.8 Å². The highest BCUT2D eigenvalue weighted by Gasteiger charge is 2.40. The Hall–Kier alpha value is -4.14. The monoisotopic (exact) mass is 475 g/mol. The van der Waals surface area contributed by atoms with Gasteiger partial charge in [-0.1, -0.05) is 0 Å². The standard InChI is InChI=1S/C22H17F4N5O3/c1-12(22(24,25)26)34-18-4-3-13(6-27)20(33-2)19(18)21(32)30-9-14-10-31(29-17(14)11-30)16-5-15(23)7-28-8-16/h3-5,7-8,10,12H,9,11H2,1-2H3. The molecular weight excluding hydrogens is 458 g/mol. The third kappa shape index (κ3) is 4.24. The number of carbonyl (C=O) groups is 1. The van der Waals surface area contributed by atoms with E-state index in [0.717, 1.165) is 19.2 Å². The van der Waals surface area contributed by atoms with Gasteiger partial charge in [-0.3, -0.25) is 9.78 Å². The number of aromatic nitrogens is 3. The molecule has 34 heavy (non-hydrogen) atoms. The Labute approximate surface area is 190 Å². The molecule has 0 saturated carbocycles.